The minimum atomic E-state index is 0. The molecule has 0 amide bonds. The molecule has 4 aromatic rings. The molecule has 0 aliphatic rings. The lowest BCUT2D eigenvalue weighted by molar-refractivity contribution is 0.620. The van der Waals surface area contributed by atoms with Crippen LogP contribution < -0.4 is 16.1 Å². The summed E-state index contributed by atoms with van der Waals surface area (Å²) in [6, 6.07) is 13.2. The van der Waals surface area contributed by atoms with Gasteiger partial charge in [-0.2, -0.15) is 9.97 Å². The van der Waals surface area contributed by atoms with E-state index in [0.717, 1.165) is 22.2 Å². The van der Waals surface area contributed by atoms with Crippen molar-refractivity contribution in [1.29, 1.82) is 0 Å². The summed E-state index contributed by atoms with van der Waals surface area (Å²) in [5.74, 6) is 0. The lowest BCUT2D eigenvalue weighted by atomic mass is 9.49. The van der Waals surface area contributed by atoms with Crippen LogP contribution >= 0.6 is 0 Å². The van der Waals surface area contributed by atoms with Crippen LogP contribution in [0.4, 0.5) is 12.0 Å². The first-order valence-electron chi connectivity index (χ1n) is 8.63. The first-order chi connectivity index (χ1) is 12.5. The highest BCUT2D eigenvalue weighted by Gasteiger charge is 2.08. The number of hydrogen-bond donors (Lipinski definition) is 2. The molecule has 2 aromatic carbocycles. The third-order valence-corrected chi connectivity index (χ3v) is 4.05. The highest BCUT2D eigenvalue weighted by atomic mass is 16.4. The second-order valence-corrected chi connectivity index (χ2v) is 6.39. The Bertz CT molecular complexity index is 1020. The minimum absolute atomic E-state index is 0. The van der Waals surface area contributed by atoms with E-state index in [0.29, 0.717) is 18.7 Å². The largest absolute Gasteiger partial charge is 0.424 e. The molecule has 28 heavy (non-hydrogen) atoms. The Hall–Kier alpha value is -2.96. The quantitative estimate of drug-likeness (QED) is 0.470. The zero-order valence-electron chi connectivity index (χ0n) is 15.8. The van der Waals surface area contributed by atoms with Crippen molar-refractivity contribution in [2.24, 2.45) is 0 Å². The molecule has 0 atom stereocenters. The summed E-state index contributed by atoms with van der Waals surface area (Å²) < 4.78 is 10.8. The van der Waals surface area contributed by atoms with Crippen molar-refractivity contribution in [3.05, 3.63) is 42.0 Å². The van der Waals surface area contributed by atoms with Crippen LogP contribution in [0.5, 0.6) is 0 Å². The smallest absolute Gasteiger partial charge is 0.295 e. The van der Waals surface area contributed by atoms with Gasteiger partial charge >= 0.3 is 0 Å². The van der Waals surface area contributed by atoms with Crippen LogP contribution in [-0.4, -0.2) is 30.8 Å². The number of anilines is 2. The van der Waals surface area contributed by atoms with E-state index >= 15 is 0 Å². The van der Waals surface area contributed by atoms with E-state index in [1.807, 2.05) is 31.2 Å². The van der Waals surface area contributed by atoms with Crippen LogP contribution in [0.2, 0.25) is 13.6 Å². The van der Waals surface area contributed by atoms with Gasteiger partial charge in [-0.05, 0) is 36.8 Å². The van der Waals surface area contributed by atoms with Crippen molar-refractivity contribution in [3.8, 4) is 0 Å². The van der Waals surface area contributed by atoms with Crippen LogP contribution in [0.1, 0.15) is 20.4 Å². The summed E-state index contributed by atoms with van der Waals surface area (Å²) in [7, 11) is 3.59. The second-order valence-electron chi connectivity index (χ2n) is 6.39. The Morgan fingerprint density at radius 3 is 1.79 bits per heavy atom. The average molecular weight is 382 g/mol. The van der Waals surface area contributed by atoms with Gasteiger partial charge in [0.1, 0.15) is 11.0 Å². The number of nitrogens with zero attached hydrogens (tertiary/aromatic N) is 2. The van der Waals surface area contributed by atoms with E-state index in [-0.39, 0.29) is 14.9 Å². The number of nitrogens with one attached hydrogen (secondary N) is 2. The summed E-state index contributed by atoms with van der Waals surface area (Å²) in [6.45, 7) is 6.89. The van der Waals surface area contributed by atoms with Crippen molar-refractivity contribution in [2.45, 2.75) is 35.4 Å². The number of aryl methyl sites for hydroxylation is 1. The molecule has 2 heterocycles. The topological polar surface area (TPSA) is 76.1 Å². The number of fused-ring (bicyclic) bond motifs is 2. The van der Waals surface area contributed by atoms with E-state index in [4.69, 9.17) is 8.83 Å². The summed E-state index contributed by atoms with van der Waals surface area (Å²) in [5, 5.41) is 5.75. The molecule has 150 valence electrons. The molecule has 0 spiro atoms. The van der Waals surface area contributed by atoms with Gasteiger partial charge in [-0.1, -0.05) is 46.1 Å². The van der Waals surface area contributed by atoms with Crippen molar-refractivity contribution in [2.75, 3.05) is 24.7 Å². The second kappa shape index (κ2) is 9.83. The summed E-state index contributed by atoms with van der Waals surface area (Å²) in [6.07, 6.45) is 0. The maximum atomic E-state index is 5.43. The van der Waals surface area contributed by atoms with Gasteiger partial charge in [-0.3, -0.25) is 0 Å². The molecular weight excluding hydrogens is 351 g/mol. The number of rotatable bonds is 3. The predicted octanol–water partition coefficient (Wildman–Crippen LogP) is 5.28. The van der Waals surface area contributed by atoms with Crippen molar-refractivity contribution >= 4 is 46.4 Å². The van der Waals surface area contributed by atoms with Crippen LogP contribution in [0.3, 0.4) is 0 Å². The molecule has 4 rings (SSSR count). The number of aromatic nitrogens is 2. The minimum Gasteiger partial charge on any atom is -0.424 e. The molecule has 0 bridgehead atoms. The molecule has 0 saturated carbocycles. The molecule has 0 aliphatic heterocycles. The van der Waals surface area contributed by atoms with Crippen molar-refractivity contribution in [3.63, 3.8) is 0 Å². The molecule has 0 unspecified atom stereocenters. The molecule has 7 heteroatoms. The molecule has 2 aromatic heterocycles. The molecule has 0 saturated heterocycles. The van der Waals surface area contributed by atoms with Gasteiger partial charge in [0.2, 0.25) is 0 Å². The molecule has 6 nitrogen and oxygen atoms in total. The van der Waals surface area contributed by atoms with Crippen LogP contribution in [0.25, 0.3) is 22.2 Å². The standard InChI is InChI=1S/C10H13BN2O.C9H10N2O.2CH4/c1-11(2)7-4-5-9-8(6-7)13-10(12-3)14-9;1-6-3-4-8-7(5-6)11-9(10-2)12-8;;/h4-6H,1-3H3,(H,12,13);3-5H,1-2H3,(H,10,11);2*1H4. The van der Waals surface area contributed by atoms with Gasteiger partial charge in [0, 0.05) is 14.1 Å². The van der Waals surface area contributed by atoms with Crippen LogP contribution in [0, 0.1) is 6.92 Å². The fraction of sp³-hybridized carbons (Fsp3) is 0.333. The SMILES string of the molecule is C.C.CNc1nc2cc(B(C)C)ccc2o1.CNc1nc2cc(C)ccc2o1. The molecule has 0 aliphatic carbocycles. The van der Waals surface area contributed by atoms with Gasteiger partial charge in [-0.25, -0.2) is 0 Å². The third kappa shape index (κ3) is 5.06. The van der Waals surface area contributed by atoms with Crippen molar-refractivity contribution in [1.82, 2.24) is 9.97 Å². The number of hydrogen-bond acceptors (Lipinski definition) is 6. The summed E-state index contributed by atoms with van der Waals surface area (Å²) >= 11 is 0. The maximum Gasteiger partial charge on any atom is 0.295 e. The van der Waals surface area contributed by atoms with Crippen molar-refractivity contribution < 1.29 is 8.83 Å². The van der Waals surface area contributed by atoms with E-state index in [1.165, 1.54) is 11.0 Å². The Kier molecular flexibility index (Phi) is 8.10. The Balaban J connectivity index is 0.000000264. The number of oxazole rings is 2. The fourth-order valence-corrected chi connectivity index (χ4v) is 2.55. The molecule has 2 N–H and O–H groups in total. The fourth-order valence-electron chi connectivity index (χ4n) is 2.55. The van der Waals surface area contributed by atoms with Gasteiger partial charge in [0.05, 0.1) is 0 Å². The summed E-state index contributed by atoms with van der Waals surface area (Å²) in [4.78, 5) is 8.51. The predicted molar refractivity (Wildman–Crippen MR) is 122 cm³/mol. The Morgan fingerprint density at radius 2 is 1.29 bits per heavy atom. The lowest BCUT2D eigenvalue weighted by Gasteiger charge is -1.99. The van der Waals surface area contributed by atoms with E-state index < -0.39 is 0 Å². The summed E-state index contributed by atoms with van der Waals surface area (Å²) in [5.41, 5.74) is 5.95. The molecular formula is C21H31BN4O2. The van der Waals surface area contributed by atoms with E-state index in [1.54, 1.807) is 14.1 Å². The van der Waals surface area contributed by atoms with Gasteiger partial charge in [-0.15, -0.1) is 0 Å². The normalized spacial score (nSPS) is 9.75. The first kappa shape index (κ1) is 23.1. The zero-order chi connectivity index (χ0) is 18.7. The van der Waals surface area contributed by atoms with Crippen LogP contribution in [0.15, 0.2) is 45.2 Å². The highest BCUT2D eigenvalue weighted by molar-refractivity contribution is 6.70. The zero-order valence-corrected chi connectivity index (χ0v) is 15.8. The van der Waals surface area contributed by atoms with Gasteiger partial charge < -0.3 is 19.5 Å². The maximum absolute atomic E-state index is 5.43. The molecule has 0 fully saturated rings. The highest BCUT2D eigenvalue weighted by Crippen LogP contribution is 2.19. The van der Waals surface area contributed by atoms with E-state index in [2.05, 4.69) is 46.4 Å². The van der Waals surface area contributed by atoms with Gasteiger partial charge in [0.25, 0.3) is 12.0 Å². The molecule has 0 radical (unpaired) electrons. The Labute approximate surface area is 167 Å². The van der Waals surface area contributed by atoms with Crippen LogP contribution in [-0.2, 0) is 0 Å². The Morgan fingerprint density at radius 1 is 0.786 bits per heavy atom. The third-order valence-electron chi connectivity index (χ3n) is 4.05. The lowest BCUT2D eigenvalue weighted by Crippen LogP contribution is -2.21. The number of benzene rings is 2. The van der Waals surface area contributed by atoms with E-state index in [9.17, 15) is 0 Å². The van der Waals surface area contributed by atoms with Gasteiger partial charge in [0.15, 0.2) is 17.9 Å². The monoisotopic (exact) mass is 382 g/mol. The first-order valence-corrected chi connectivity index (χ1v) is 8.63. The average Bonchev–Trinajstić information content (AvgIpc) is 3.24.